The number of rotatable bonds is 0. The van der Waals surface area contributed by atoms with Crippen LogP contribution in [0.5, 0.6) is 5.75 Å². The monoisotopic (exact) mass is 316 g/mol. The third-order valence-electron chi connectivity index (χ3n) is 4.26. The zero-order valence-corrected chi connectivity index (χ0v) is 12.0. The smallest absolute Gasteiger partial charge is 0.206 e. The topological polar surface area (TPSA) is 26.3 Å². The lowest BCUT2D eigenvalue weighted by Gasteiger charge is -2.39. The van der Waals surface area contributed by atoms with Crippen LogP contribution >= 0.6 is 15.9 Å². The van der Waals surface area contributed by atoms with Crippen molar-refractivity contribution in [1.29, 1.82) is 0 Å². The Kier molecular flexibility index (Phi) is 2.31. The fourth-order valence-corrected chi connectivity index (χ4v) is 3.81. The van der Waals surface area contributed by atoms with Crippen molar-refractivity contribution in [2.24, 2.45) is 0 Å². The Morgan fingerprint density at radius 3 is 2.79 bits per heavy atom. The van der Waals surface area contributed by atoms with E-state index in [-0.39, 0.29) is 5.78 Å². The van der Waals surface area contributed by atoms with Gasteiger partial charge in [0.2, 0.25) is 5.78 Å². The zero-order chi connectivity index (χ0) is 13.0. The van der Waals surface area contributed by atoms with Crippen molar-refractivity contribution < 1.29 is 9.53 Å². The molecule has 3 heteroatoms. The number of aryl methyl sites for hydroxylation is 2. The standard InChI is InChI=1S/C16H13BrO2/c17-13-8-11-4-3-10-2-1-6-16(15(10)18)7-5-12(9-13)14(11)19-16/h1-2,6,8-9H,3-5,7H2. The number of ether oxygens (including phenoxy) is 1. The van der Waals surface area contributed by atoms with Crippen LogP contribution in [0.1, 0.15) is 24.0 Å². The first-order chi connectivity index (χ1) is 9.18. The Morgan fingerprint density at radius 1 is 1.16 bits per heavy atom. The van der Waals surface area contributed by atoms with E-state index in [1.165, 1.54) is 11.1 Å². The van der Waals surface area contributed by atoms with E-state index in [1.807, 2.05) is 18.2 Å². The first-order valence-electron chi connectivity index (χ1n) is 6.61. The molecule has 0 radical (unpaired) electrons. The van der Waals surface area contributed by atoms with Gasteiger partial charge in [-0.3, -0.25) is 4.79 Å². The molecule has 0 saturated carbocycles. The van der Waals surface area contributed by atoms with Gasteiger partial charge in [-0.05, 0) is 48.6 Å². The zero-order valence-electron chi connectivity index (χ0n) is 10.4. The number of allylic oxidation sites excluding steroid dienone is 2. The summed E-state index contributed by atoms with van der Waals surface area (Å²) in [6, 6.07) is 4.23. The van der Waals surface area contributed by atoms with E-state index >= 15 is 0 Å². The molecule has 0 amide bonds. The fraction of sp³-hybridized carbons (Fsp3) is 0.312. The van der Waals surface area contributed by atoms with Gasteiger partial charge in [-0.15, -0.1) is 0 Å². The average Bonchev–Trinajstić information content (AvgIpc) is 2.41. The van der Waals surface area contributed by atoms with E-state index in [2.05, 4.69) is 28.1 Å². The number of carbonyl (C=O) groups excluding carboxylic acids is 1. The van der Waals surface area contributed by atoms with E-state index in [0.717, 1.165) is 41.5 Å². The number of halogens is 1. The highest BCUT2D eigenvalue weighted by atomic mass is 79.9. The molecule has 19 heavy (non-hydrogen) atoms. The molecule has 1 atom stereocenters. The van der Waals surface area contributed by atoms with Crippen molar-refractivity contribution in [3.63, 3.8) is 0 Å². The summed E-state index contributed by atoms with van der Waals surface area (Å²) in [6.45, 7) is 0. The minimum atomic E-state index is -0.736. The fourth-order valence-electron chi connectivity index (χ4n) is 3.25. The van der Waals surface area contributed by atoms with Crippen LogP contribution in [0.2, 0.25) is 0 Å². The number of hydrogen-bond acceptors (Lipinski definition) is 2. The Hall–Kier alpha value is -1.35. The van der Waals surface area contributed by atoms with E-state index in [4.69, 9.17) is 4.74 Å². The van der Waals surface area contributed by atoms with Crippen molar-refractivity contribution in [2.75, 3.05) is 0 Å². The predicted molar refractivity (Wildman–Crippen MR) is 76.4 cm³/mol. The molecule has 1 spiro atoms. The SMILES string of the molecule is O=C1C2=CC=CC13CCc1cc(Br)cc(c1O3)CC2. The van der Waals surface area contributed by atoms with E-state index in [1.54, 1.807) is 0 Å². The van der Waals surface area contributed by atoms with Gasteiger partial charge in [0.05, 0.1) is 0 Å². The van der Waals surface area contributed by atoms with Crippen LogP contribution < -0.4 is 4.74 Å². The second-order valence-corrected chi connectivity index (χ2v) is 6.34. The van der Waals surface area contributed by atoms with Gasteiger partial charge in [0.1, 0.15) is 5.75 Å². The highest BCUT2D eigenvalue weighted by Crippen LogP contribution is 2.43. The van der Waals surface area contributed by atoms with Crippen molar-refractivity contribution in [3.05, 3.63) is 51.5 Å². The van der Waals surface area contributed by atoms with Crippen molar-refractivity contribution in [3.8, 4) is 5.75 Å². The van der Waals surface area contributed by atoms with Crippen molar-refractivity contribution in [1.82, 2.24) is 0 Å². The number of hydrogen-bond donors (Lipinski definition) is 0. The molecule has 0 N–H and O–H groups in total. The second kappa shape index (κ2) is 3.83. The third kappa shape index (κ3) is 1.57. The molecule has 2 aliphatic heterocycles. The van der Waals surface area contributed by atoms with Gasteiger partial charge in [-0.1, -0.05) is 28.1 Å². The number of ketones is 1. The van der Waals surface area contributed by atoms with Gasteiger partial charge < -0.3 is 4.74 Å². The first kappa shape index (κ1) is 11.5. The van der Waals surface area contributed by atoms with Gasteiger partial charge in [0, 0.05) is 16.5 Å². The molecule has 1 aromatic rings. The Bertz CT molecular complexity index is 657. The van der Waals surface area contributed by atoms with E-state index in [0.29, 0.717) is 0 Å². The van der Waals surface area contributed by atoms with Gasteiger partial charge in [0.25, 0.3) is 0 Å². The molecular weight excluding hydrogens is 304 g/mol. The molecule has 1 aliphatic carbocycles. The van der Waals surface area contributed by atoms with E-state index < -0.39 is 5.60 Å². The molecular formula is C16H13BrO2. The summed E-state index contributed by atoms with van der Waals surface area (Å²) in [4.78, 5) is 12.6. The third-order valence-corrected chi connectivity index (χ3v) is 4.72. The number of carbonyl (C=O) groups is 1. The Morgan fingerprint density at radius 2 is 1.95 bits per heavy atom. The maximum Gasteiger partial charge on any atom is 0.206 e. The normalized spacial score (nSPS) is 27.2. The molecule has 3 bridgehead atoms. The quantitative estimate of drug-likeness (QED) is 0.732. The average molecular weight is 317 g/mol. The Balaban J connectivity index is 1.96. The lowest BCUT2D eigenvalue weighted by atomic mass is 9.78. The summed E-state index contributed by atoms with van der Waals surface area (Å²) in [7, 11) is 0. The molecule has 2 heterocycles. The van der Waals surface area contributed by atoms with Gasteiger partial charge >= 0.3 is 0 Å². The minimum absolute atomic E-state index is 0.161. The first-order valence-corrected chi connectivity index (χ1v) is 7.41. The van der Waals surface area contributed by atoms with Crippen LogP contribution in [0.3, 0.4) is 0 Å². The molecule has 0 saturated heterocycles. The summed E-state index contributed by atoms with van der Waals surface area (Å²) in [6.07, 6.45) is 9.15. The number of benzene rings is 1. The van der Waals surface area contributed by atoms with Crippen LogP contribution in [-0.2, 0) is 17.6 Å². The van der Waals surface area contributed by atoms with Gasteiger partial charge in [-0.25, -0.2) is 0 Å². The lowest BCUT2D eigenvalue weighted by Crippen LogP contribution is -2.48. The molecule has 3 aliphatic rings. The highest BCUT2D eigenvalue weighted by Gasteiger charge is 2.45. The second-order valence-electron chi connectivity index (χ2n) is 5.42. The van der Waals surface area contributed by atoms with Crippen molar-refractivity contribution >= 4 is 21.7 Å². The number of fused-ring (bicyclic) bond motifs is 1. The predicted octanol–water partition coefficient (Wildman–Crippen LogP) is 3.52. The summed E-state index contributed by atoms with van der Waals surface area (Å²) < 4.78 is 7.28. The van der Waals surface area contributed by atoms with Crippen LogP contribution in [0.15, 0.2) is 40.4 Å². The van der Waals surface area contributed by atoms with Gasteiger partial charge in [0.15, 0.2) is 5.60 Å². The van der Waals surface area contributed by atoms with Crippen LogP contribution in [0, 0.1) is 0 Å². The summed E-state index contributed by atoms with van der Waals surface area (Å²) in [5, 5.41) is 0. The maximum atomic E-state index is 12.6. The Labute approximate surface area is 120 Å². The molecule has 0 fully saturated rings. The summed E-state index contributed by atoms with van der Waals surface area (Å²) in [5.74, 6) is 1.10. The largest absolute Gasteiger partial charge is 0.474 e. The molecule has 1 aromatic carbocycles. The molecule has 4 rings (SSSR count). The molecule has 2 nitrogen and oxygen atoms in total. The number of Topliss-reactive ketones (excluding diaryl/α,β-unsaturated/α-hetero) is 1. The van der Waals surface area contributed by atoms with Crippen LogP contribution in [0.25, 0.3) is 0 Å². The lowest BCUT2D eigenvalue weighted by molar-refractivity contribution is -0.128. The summed E-state index contributed by atoms with van der Waals surface area (Å²) >= 11 is 3.56. The van der Waals surface area contributed by atoms with E-state index in [9.17, 15) is 4.79 Å². The molecule has 1 unspecified atom stereocenters. The highest BCUT2D eigenvalue weighted by molar-refractivity contribution is 9.10. The summed E-state index contributed by atoms with van der Waals surface area (Å²) in [5.41, 5.74) is 2.59. The maximum absolute atomic E-state index is 12.6. The molecule has 0 aromatic heterocycles. The van der Waals surface area contributed by atoms with Crippen LogP contribution in [-0.4, -0.2) is 11.4 Å². The van der Waals surface area contributed by atoms with Crippen molar-refractivity contribution in [2.45, 2.75) is 31.3 Å². The minimum Gasteiger partial charge on any atom is -0.474 e. The molecule has 96 valence electrons. The van der Waals surface area contributed by atoms with Gasteiger partial charge in [-0.2, -0.15) is 0 Å². The van der Waals surface area contributed by atoms with Crippen LogP contribution in [0.4, 0.5) is 0 Å².